The zero-order valence-electron chi connectivity index (χ0n) is 18.4. The number of benzene rings is 1. The number of nitrogens with zero attached hydrogens (tertiary/aromatic N) is 3. The molecule has 1 fully saturated rings. The Bertz CT molecular complexity index is 850. The number of piperidine rings is 1. The lowest BCUT2D eigenvalue weighted by molar-refractivity contribution is 0.0184. The third-order valence-corrected chi connectivity index (χ3v) is 5.25. The third kappa shape index (κ3) is 7.67. The highest BCUT2D eigenvalue weighted by Gasteiger charge is 2.26. The number of ether oxygens (including phenoxy) is 2. The molecule has 1 N–H and O–H groups in total. The number of hydrogen-bond acceptors (Lipinski definition) is 6. The van der Waals surface area contributed by atoms with Crippen LogP contribution in [0, 0.1) is 5.92 Å². The van der Waals surface area contributed by atoms with Crippen LogP contribution in [-0.4, -0.2) is 46.2 Å². The number of aromatic nitrogens is 2. The van der Waals surface area contributed by atoms with Gasteiger partial charge >= 0.3 is 6.09 Å². The average molecular weight is 447 g/mol. The van der Waals surface area contributed by atoms with Crippen LogP contribution in [-0.2, 0) is 17.9 Å². The summed E-state index contributed by atoms with van der Waals surface area (Å²) in [4.78, 5) is 22.4. The van der Waals surface area contributed by atoms with Crippen molar-refractivity contribution in [1.29, 1.82) is 0 Å². The summed E-state index contributed by atoms with van der Waals surface area (Å²) in [6.45, 7) is 8.95. The molecule has 8 heteroatoms. The van der Waals surface area contributed by atoms with Gasteiger partial charge in [-0.15, -0.1) is 0 Å². The van der Waals surface area contributed by atoms with Crippen LogP contribution >= 0.6 is 11.6 Å². The number of carbonyl (C=O) groups is 1. The molecular formula is C23H31ClN4O3. The Labute approximate surface area is 189 Å². The number of nitrogens with one attached hydrogen (secondary N) is 1. The van der Waals surface area contributed by atoms with Crippen molar-refractivity contribution in [3.8, 4) is 5.75 Å². The predicted molar refractivity (Wildman–Crippen MR) is 120 cm³/mol. The fourth-order valence-electron chi connectivity index (χ4n) is 3.43. The average Bonchev–Trinajstić information content (AvgIpc) is 2.73. The molecule has 0 atom stereocenters. The summed E-state index contributed by atoms with van der Waals surface area (Å²) >= 11 is 6.20. The second-order valence-electron chi connectivity index (χ2n) is 8.75. The van der Waals surface area contributed by atoms with E-state index in [0.717, 1.165) is 43.8 Å². The molecule has 1 amide bonds. The molecule has 3 rings (SSSR count). The fraction of sp³-hybridized carbons (Fsp3) is 0.522. The van der Waals surface area contributed by atoms with Crippen molar-refractivity contribution >= 4 is 17.7 Å². The molecule has 0 unspecified atom stereocenters. The lowest BCUT2D eigenvalue weighted by Crippen LogP contribution is -2.43. The Kier molecular flexibility index (Phi) is 8.09. The molecule has 1 aliphatic rings. The van der Waals surface area contributed by atoms with Crippen molar-refractivity contribution < 1.29 is 14.3 Å². The van der Waals surface area contributed by atoms with Crippen LogP contribution in [0.25, 0.3) is 0 Å². The zero-order chi connectivity index (χ0) is 22.3. The first-order valence-corrected chi connectivity index (χ1v) is 11.0. The van der Waals surface area contributed by atoms with E-state index in [4.69, 9.17) is 21.1 Å². The van der Waals surface area contributed by atoms with E-state index in [2.05, 4.69) is 15.3 Å². The molecule has 0 bridgehead atoms. The smallest absolute Gasteiger partial charge is 0.410 e. The Morgan fingerprint density at radius 3 is 2.61 bits per heavy atom. The standard InChI is InChI=1S/C23H31ClN4O3/c1-23(2,3)31-22(29)28-11-7-17(8-12-28)14-25-15-18-13-19(24)5-6-20(18)30-16-21-26-9-4-10-27-21/h4-6,9-10,13,17,25H,7-8,11-12,14-16H2,1-3H3. The summed E-state index contributed by atoms with van der Waals surface area (Å²) in [5, 5.41) is 4.19. The minimum atomic E-state index is -0.459. The highest BCUT2D eigenvalue weighted by Crippen LogP contribution is 2.24. The number of amides is 1. The van der Waals surface area contributed by atoms with Gasteiger partial charge in [0.15, 0.2) is 5.82 Å². The van der Waals surface area contributed by atoms with Gasteiger partial charge in [0.2, 0.25) is 0 Å². The first-order valence-electron chi connectivity index (χ1n) is 10.7. The number of hydrogen-bond donors (Lipinski definition) is 1. The maximum absolute atomic E-state index is 12.2. The third-order valence-electron chi connectivity index (χ3n) is 5.01. The second-order valence-corrected chi connectivity index (χ2v) is 9.18. The maximum Gasteiger partial charge on any atom is 0.410 e. The van der Waals surface area contributed by atoms with Crippen LogP contribution in [0.15, 0.2) is 36.7 Å². The van der Waals surface area contributed by atoms with Gasteiger partial charge in [-0.3, -0.25) is 0 Å². The lowest BCUT2D eigenvalue weighted by atomic mass is 9.97. The van der Waals surface area contributed by atoms with E-state index in [9.17, 15) is 4.79 Å². The molecular weight excluding hydrogens is 416 g/mol. The first-order chi connectivity index (χ1) is 14.8. The van der Waals surface area contributed by atoms with Crippen molar-refractivity contribution in [2.24, 2.45) is 5.92 Å². The minimum Gasteiger partial charge on any atom is -0.485 e. The number of likely N-dealkylation sites (tertiary alicyclic amines) is 1. The Hall–Kier alpha value is -2.38. The molecule has 1 aromatic heterocycles. The first kappa shape index (κ1) is 23.3. The van der Waals surface area contributed by atoms with Gasteiger partial charge in [-0.05, 0) is 70.3 Å². The van der Waals surface area contributed by atoms with E-state index in [0.29, 0.717) is 29.9 Å². The van der Waals surface area contributed by atoms with Crippen molar-refractivity contribution in [2.75, 3.05) is 19.6 Å². The summed E-state index contributed by atoms with van der Waals surface area (Å²) < 4.78 is 11.4. The SMILES string of the molecule is CC(C)(C)OC(=O)N1CCC(CNCc2cc(Cl)ccc2OCc2ncccn2)CC1. The van der Waals surface area contributed by atoms with Gasteiger partial charge in [0.1, 0.15) is 18.0 Å². The van der Waals surface area contributed by atoms with Gasteiger partial charge in [0.05, 0.1) is 0 Å². The largest absolute Gasteiger partial charge is 0.485 e. The molecule has 0 aliphatic carbocycles. The van der Waals surface area contributed by atoms with Crippen molar-refractivity contribution in [3.63, 3.8) is 0 Å². The molecule has 0 radical (unpaired) electrons. The highest BCUT2D eigenvalue weighted by molar-refractivity contribution is 6.30. The van der Waals surface area contributed by atoms with E-state index in [1.54, 1.807) is 23.4 Å². The van der Waals surface area contributed by atoms with Gasteiger partial charge in [0, 0.05) is 42.6 Å². The normalized spacial score (nSPS) is 15.0. The van der Waals surface area contributed by atoms with Crippen LogP contribution in [0.5, 0.6) is 5.75 Å². The van der Waals surface area contributed by atoms with E-state index >= 15 is 0 Å². The number of rotatable bonds is 7. The Balaban J connectivity index is 1.45. The van der Waals surface area contributed by atoms with Crippen LogP contribution in [0.1, 0.15) is 45.0 Å². The van der Waals surface area contributed by atoms with Crippen LogP contribution in [0.3, 0.4) is 0 Å². The Morgan fingerprint density at radius 1 is 1.23 bits per heavy atom. The van der Waals surface area contributed by atoms with Crippen molar-refractivity contribution in [3.05, 3.63) is 53.1 Å². The molecule has 1 saturated heterocycles. The molecule has 2 heterocycles. The van der Waals surface area contributed by atoms with Crippen LogP contribution in [0.4, 0.5) is 4.79 Å². The molecule has 1 aromatic carbocycles. The highest BCUT2D eigenvalue weighted by atomic mass is 35.5. The molecule has 0 saturated carbocycles. The quantitative estimate of drug-likeness (QED) is 0.677. The van der Waals surface area contributed by atoms with Gasteiger partial charge in [0.25, 0.3) is 0 Å². The Morgan fingerprint density at radius 2 is 1.94 bits per heavy atom. The molecule has 168 valence electrons. The van der Waals surface area contributed by atoms with Gasteiger partial charge in [-0.1, -0.05) is 11.6 Å². The predicted octanol–water partition coefficient (Wildman–Crippen LogP) is 4.45. The minimum absolute atomic E-state index is 0.220. The second kappa shape index (κ2) is 10.8. The maximum atomic E-state index is 12.2. The summed E-state index contributed by atoms with van der Waals surface area (Å²) in [6.07, 6.45) is 5.09. The summed E-state index contributed by atoms with van der Waals surface area (Å²) in [6, 6.07) is 7.39. The number of halogens is 1. The molecule has 7 nitrogen and oxygen atoms in total. The molecule has 31 heavy (non-hydrogen) atoms. The summed E-state index contributed by atoms with van der Waals surface area (Å²) in [5.41, 5.74) is 0.536. The topological polar surface area (TPSA) is 76.6 Å². The van der Waals surface area contributed by atoms with Crippen molar-refractivity contribution in [2.45, 2.75) is 52.4 Å². The van der Waals surface area contributed by atoms with Gasteiger partial charge < -0.3 is 19.7 Å². The van der Waals surface area contributed by atoms with E-state index in [1.807, 2.05) is 39.0 Å². The molecule has 0 spiro atoms. The van der Waals surface area contributed by atoms with Crippen LogP contribution in [0.2, 0.25) is 5.02 Å². The number of carbonyl (C=O) groups excluding carboxylic acids is 1. The van der Waals surface area contributed by atoms with Crippen molar-refractivity contribution in [1.82, 2.24) is 20.2 Å². The van der Waals surface area contributed by atoms with E-state index < -0.39 is 5.60 Å². The molecule has 2 aromatic rings. The summed E-state index contributed by atoms with van der Waals surface area (Å²) in [7, 11) is 0. The van der Waals surface area contributed by atoms with E-state index in [1.165, 1.54) is 0 Å². The zero-order valence-corrected chi connectivity index (χ0v) is 19.2. The van der Waals surface area contributed by atoms with Crippen LogP contribution < -0.4 is 10.1 Å². The van der Waals surface area contributed by atoms with Gasteiger partial charge in [-0.2, -0.15) is 0 Å². The van der Waals surface area contributed by atoms with Gasteiger partial charge in [-0.25, -0.2) is 14.8 Å². The monoisotopic (exact) mass is 446 g/mol. The lowest BCUT2D eigenvalue weighted by Gasteiger charge is -2.33. The summed E-state index contributed by atoms with van der Waals surface area (Å²) in [5.74, 6) is 1.91. The fourth-order valence-corrected chi connectivity index (χ4v) is 3.63. The molecule has 1 aliphatic heterocycles. The van der Waals surface area contributed by atoms with E-state index in [-0.39, 0.29) is 6.09 Å².